The summed E-state index contributed by atoms with van der Waals surface area (Å²) in [5.41, 5.74) is 6.14. The Morgan fingerprint density at radius 2 is 2.00 bits per heavy atom. The molecule has 1 aliphatic rings. The van der Waals surface area contributed by atoms with Crippen LogP contribution in [0, 0.1) is 10.1 Å². The minimum absolute atomic E-state index is 0.122. The van der Waals surface area contributed by atoms with Crippen LogP contribution >= 0.6 is 0 Å². The summed E-state index contributed by atoms with van der Waals surface area (Å²) < 4.78 is 0. The lowest BCUT2D eigenvalue weighted by Crippen LogP contribution is -2.46. The van der Waals surface area contributed by atoms with Crippen molar-refractivity contribution >= 4 is 17.3 Å². The van der Waals surface area contributed by atoms with Gasteiger partial charge in [-0.05, 0) is 19.0 Å². The van der Waals surface area contributed by atoms with E-state index in [1.165, 1.54) is 6.07 Å². The molecule has 0 unspecified atom stereocenters. The van der Waals surface area contributed by atoms with Crippen molar-refractivity contribution in [1.82, 2.24) is 4.90 Å². The maximum Gasteiger partial charge on any atom is 0.271 e. The topological polar surface area (TPSA) is 92.7 Å². The molecule has 0 atom stereocenters. The number of piperazine rings is 1. The Morgan fingerprint density at radius 1 is 1.29 bits per heavy atom. The fourth-order valence-electron chi connectivity index (χ4n) is 2.51. The zero-order valence-corrected chi connectivity index (χ0v) is 11.9. The summed E-state index contributed by atoms with van der Waals surface area (Å²) in [6.45, 7) is 4.31. The highest BCUT2D eigenvalue weighted by Gasteiger charge is 2.18. The number of nitrogens with zero attached hydrogens (tertiary/aromatic N) is 3. The standard InChI is InChI=1S/C14H20N4O3/c15-14(19)5-2-6-16-7-9-17(10-8-16)12-3-1-4-13(11-12)18(20)21/h1,3-4,11H,2,5-10H2,(H2,15,19). The first-order chi connectivity index (χ1) is 10.1. The van der Waals surface area contributed by atoms with Gasteiger partial charge >= 0.3 is 0 Å². The van der Waals surface area contributed by atoms with E-state index in [0.717, 1.165) is 44.8 Å². The van der Waals surface area contributed by atoms with Crippen LogP contribution in [0.3, 0.4) is 0 Å². The Morgan fingerprint density at radius 3 is 2.62 bits per heavy atom. The SMILES string of the molecule is NC(=O)CCCN1CCN(c2cccc([N+](=O)[O-])c2)CC1. The molecule has 0 saturated carbocycles. The highest BCUT2D eigenvalue weighted by molar-refractivity contribution is 5.73. The third kappa shape index (κ3) is 4.42. The number of non-ortho nitro benzene ring substituents is 1. The van der Waals surface area contributed by atoms with Crippen molar-refractivity contribution in [2.24, 2.45) is 5.73 Å². The maximum absolute atomic E-state index is 10.8. The van der Waals surface area contributed by atoms with E-state index in [9.17, 15) is 14.9 Å². The second-order valence-corrected chi connectivity index (χ2v) is 5.18. The molecule has 7 heteroatoms. The first-order valence-electron chi connectivity index (χ1n) is 7.06. The Kier molecular flexibility index (Phi) is 5.10. The van der Waals surface area contributed by atoms with Crippen molar-refractivity contribution in [2.75, 3.05) is 37.6 Å². The molecule has 2 N–H and O–H groups in total. The zero-order valence-electron chi connectivity index (χ0n) is 11.9. The number of carbonyl (C=O) groups excluding carboxylic acids is 1. The summed E-state index contributed by atoms with van der Waals surface area (Å²) >= 11 is 0. The van der Waals surface area contributed by atoms with Gasteiger partial charge in [0.05, 0.1) is 4.92 Å². The lowest BCUT2D eigenvalue weighted by Gasteiger charge is -2.36. The van der Waals surface area contributed by atoms with Crippen LogP contribution in [0.25, 0.3) is 0 Å². The van der Waals surface area contributed by atoms with Crippen molar-refractivity contribution < 1.29 is 9.72 Å². The molecule has 0 bridgehead atoms. The smallest absolute Gasteiger partial charge is 0.271 e. The van der Waals surface area contributed by atoms with Gasteiger partial charge in [-0.1, -0.05) is 6.07 Å². The molecule has 1 heterocycles. The molecule has 0 radical (unpaired) electrons. The summed E-state index contributed by atoms with van der Waals surface area (Å²) in [5, 5.41) is 10.8. The minimum Gasteiger partial charge on any atom is -0.370 e. The average molecular weight is 292 g/mol. The molecule has 0 aromatic heterocycles. The molecule has 0 aliphatic carbocycles. The van der Waals surface area contributed by atoms with Crippen LogP contribution in [0.5, 0.6) is 0 Å². The second kappa shape index (κ2) is 7.03. The molecule has 1 aromatic rings. The average Bonchev–Trinajstić information content (AvgIpc) is 2.48. The summed E-state index contributed by atoms with van der Waals surface area (Å²) in [7, 11) is 0. The Bertz CT molecular complexity index is 513. The van der Waals surface area contributed by atoms with E-state index >= 15 is 0 Å². The fraction of sp³-hybridized carbons (Fsp3) is 0.500. The van der Waals surface area contributed by atoms with E-state index in [1.54, 1.807) is 12.1 Å². The predicted octanol–water partition coefficient (Wildman–Crippen LogP) is 0.982. The Balaban J connectivity index is 1.84. The van der Waals surface area contributed by atoms with Crippen LogP contribution < -0.4 is 10.6 Å². The second-order valence-electron chi connectivity index (χ2n) is 5.18. The highest BCUT2D eigenvalue weighted by atomic mass is 16.6. The van der Waals surface area contributed by atoms with Gasteiger partial charge in [0.2, 0.25) is 5.91 Å². The number of hydrogen-bond acceptors (Lipinski definition) is 5. The predicted molar refractivity (Wildman–Crippen MR) is 80.2 cm³/mol. The number of primary amides is 1. The number of hydrogen-bond donors (Lipinski definition) is 1. The van der Waals surface area contributed by atoms with Crippen LogP contribution in [0.1, 0.15) is 12.8 Å². The number of nitro benzene ring substituents is 1. The molecule has 1 saturated heterocycles. The van der Waals surface area contributed by atoms with Gasteiger partial charge in [-0.2, -0.15) is 0 Å². The quantitative estimate of drug-likeness (QED) is 0.623. The van der Waals surface area contributed by atoms with E-state index < -0.39 is 0 Å². The third-order valence-corrected chi connectivity index (χ3v) is 3.68. The fourth-order valence-corrected chi connectivity index (χ4v) is 2.51. The first kappa shape index (κ1) is 15.2. The summed E-state index contributed by atoms with van der Waals surface area (Å²) in [6.07, 6.45) is 1.21. The number of amides is 1. The van der Waals surface area contributed by atoms with Gasteiger partial charge in [0.1, 0.15) is 0 Å². The molecule has 114 valence electrons. The molecule has 7 nitrogen and oxygen atoms in total. The van der Waals surface area contributed by atoms with E-state index in [2.05, 4.69) is 9.80 Å². The molecule has 2 rings (SSSR count). The maximum atomic E-state index is 10.8. The minimum atomic E-state index is -0.371. The number of nitrogens with two attached hydrogens (primary N) is 1. The number of nitro groups is 1. The monoisotopic (exact) mass is 292 g/mol. The molecule has 1 amide bonds. The summed E-state index contributed by atoms with van der Waals surface area (Å²) in [5.74, 6) is -0.259. The zero-order chi connectivity index (χ0) is 15.2. The summed E-state index contributed by atoms with van der Waals surface area (Å²) in [6, 6.07) is 6.73. The molecule has 0 spiro atoms. The van der Waals surface area contributed by atoms with Gasteiger partial charge in [-0.3, -0.25) is 19.8 Å². The molecule has 1 aromatic carbocycles. The van der Waals surface area contributed by atoms with Gasteiger partial charge in [-0.25, -0.2) is 0 Å². The van der Waals surface area contributed by atoms with Gasteiger partial charge < -0.3 is 10.6 Å². The van der Waals surface area contributed by atoms with E-state index in [4.69, 9.17) is 5.73 Å². The van der Waals surface area contributed by atoms with E-state index in [0.29, 0.717) is 6.42 Å². The van der Waals surface area contributed by atoms with Gasteiger partial charge in [0, 0.05) is 50.4 Å². The molecular weight excluding hydrogens is 272 g/mol. The Labute approximate surface area is 123 Å². The van der Waals surface area contributed by atoms with Crippen LogP contribution in [0.4, 0.5) is 11.4 Å². The van der Waals surface area contributed by atoms with Gasteiger partial charge in [0.25, 0.3) is 5.69 Å². The normalized spacial score (nSPS) is 15.9. The lowest BCUT2D eigenvalue weighted by atomic mass is 10.2. The van der Waals surface area contributed by atoms with Crippen molar-refractivity contribution in [3.05, 3.63) is 34.4 Å². The molecular formula is C14H20N4O3. The number of rotatable bonds is 6. The number of anilines is 1. The van der Waals surface area contributed by atoms with E-state index in [-0.39, 0.29) is 16.5 Å². The number of benzene rings is 1. The van der Waals surface area contributed by atoms with Crippen LogP contribution in [-0.2, 0) is 4.79 Å². The first-order valence-corrected chi connectivity index (χ1v) is 7.06. The highest BCUT2D eigenvalue weighted by Crippen LogP contribution is 2.22. The van der Waals surface area contributed by atoms with Crippen LogP contribution in [0.2, 0.25) is 0 Å². The largest absolute Gasteiger partial charge is 0.370 e. The van der Waals surface area contributed by atoms with Crippen molar-refractivity contribution in [3.63, 3.8) is 0 Å². The van der Waals surface area contributed by atoms with Crippen LogP contribution in [-0.4, -0.2) is 48.5 Å². The molecule has 21 heavy (non-hydrogen) atoms. The lowest BCUT2D eigenvalue weighted by molar-refractivity contribution is -0.384. The molecule has 1 fully saturated rings. The van der Waals surface area contributed by atoms with Crippen molar-refractivity contribution in [2.45, 2.75) is 12.8 Å². The number of carbonyl (C=O) groups is 1. The van der Waals surface area contributed by atoms with Gasteiger partial charge in [-0.15, -0.1) is 0 Å². The van der Waals surface area contributed by atoms with Crippen LogP contribution in [0.15, 0.2) is 24.3 Å². The third-order valence-electron chi connectivity index (χ3n) is 3.68. The van der Waals surface area contributed by atoms with Crippen molar-refractivity contribution in [1.29, 1.82) is 0 Å². The molecule has 1 aliphatic heterocycles. The Hall–Kier alpha value is -2.15. The van der Waals surface area contributed by atoms with Gasteiger partial charge in [0.15, 0.2) is 0 Å². The van der Waals surface area contributed by atoms with Crippen molar-refractivity contribution in [3.8, 4) is 0 Å². The summed E-state index contributed by atoms with van der Waals surface area (Å²) in [4.78, 5) is 25.6. The van der Waals surface area contributed by atoms with E-state index in [1.807, 2.05) is 6.07 Å².